The Balaban J connectivity index is 1.58. The highest BCUT2D eigenvalue weighted by Gasteiger charge is 2.66. The van der Waals surface area contributed by atoms with Gasteiger partial charge in [0.05, 0.1) is 11.7 Å². The van der Waals surface area contributed by atoms with Crippen LogP contribution in [-0.2, 0) is 4.79 Å². The number of ketones is 2. The molecule has 7 heteroatoms. The Morgan fingerprint density at radius 3 is 2.15 bits per heavy atom. The minimum atomic E-state index is -1.02. The molecule has 6 nitrogen and oxygen atoms in total. The summed E-state index contributed by atoms with van der Waals surface area (Å²) in [5.41, 5.74) is 3.98. The van der Waals surface area contributed by atoms with E-state index in [4.69, 9.17) is 21.6 Å². The summed E-state index contributed by atoms with van der Waals surface area (Å²) in [6.07, 6.45) is 8.35. The Bertz CT molecular complexity index is 1630. The van der Waals surface area contributed by atoms with Crippen LogP contribution in [0.15, 0.2) is 109 Å². The number of hydrogen-bond acceptors (Lipinski definition) is 6. The number of hydrogen-bond donors (Lipinski definition) is 0. The second-order valence-electron chi connectivity index (χ2n) is 11.0. The van der Waals surface area contributed by atoms with Crippen LogP contribution in [0, 0.1) is 0 Å². The molecule has 0 bridgehead atoms. The molecular weight excluding hydrogens is 532 g/mol. The van der Waals surface area contributed by atoms with Crippen LogP contribution in [0.2, 0.25) is 5.02 Å². The second-order valence-corrected chi connectivity index (χ2v) is 11.5. The molecule has 4 aromatic rings. The predicted octanol–water partition coefficient (Wildman–Crippen LogP) is 6.87. The van der Waals surface area contributed by atoms with Gasteiger partial charge < -0.3 is 4.90 Å². The monoisotopic (exact) mass is 560 g/mol. The molecule has 4 atom stereocenters. The average Bonchev–Trinajstić information content (AvgIpc) is 3.35. The molecule has 0 spiro atoms. The molecule has 0 unspecified atom stereocenters. The van der Waals surface area contributed by atoms with E-state index in [1.807, 2.05) is 60.7 Å². The largest absolute Gasteiger partial charge is 0.351 e. The standard InChI is InChI=1S/C34H29ClN4O2/c35-23-15-13-22(14-16-23)30-31(25-8-1-4-19-36-25)34(33(41)27-10-3-6-21-38-27)18-17-24-28(11-7-12-29(24)40)39(34)32(30)26-9-2-5-20-37-26/h1-6,8-10,13-16,19-21,30-32H,7,11-12,17-18H2/t30-,31-,32+,34+/m0/s1. The maximum absolute atomic E-state index is 15.1. The van der Waals surface area contributed by atoms with E-state index in [0.717, 1.165) is 41.1 Å². The average molecular weight is 561 g/mol. The van der Waals surface area contributed by atoms with Crippen molar-refractivity contribution in [3.05, 3.63) is 136 Å². The minimum Gasteiger partial charge on any atom is -0.351 e. The van der Waals surface area contributed by atoms with Crippen LogP contribution in [0.1, 0.15) is 77.4 Å². The third kappa shape index (κ3) is 4.12. The van der Waals surface area contributed by atoms with E-state index in [2.05, 4.69) is 22.0 Å². The van der Waals surface area contributed by atoms with Crippen molar-refractivity contribution in [3.63, 3.8) is 0 Å². The van der Waals surface area contributed by atoms with Crippen LogP contribution in [0.5, 0.6) is 0 Å². The highest BCUT2D eigenvalue weighted by atomic mass is 35.5. The van der Waals surface area contributed by atoms with Gasteiger partial charge >= 0.3 is 0 Å². The van der Waals surface area contributed by atoms with E-state index in [-0.39, 0.29) is 29.4 Å². The summed E-state index contributed by atoms with van der Waals surface area (Å²) < 4.78 is 0. The molecule has 0 saturated carbocycles. The molecule has 3 aliphatic rings. The molecule has 0 amide bonds. The molecule has 1 aliphatic carbocycles. The Morgan fingerprint density at radius 1 is 0.805 bits per heavy atom. The maximum atomic E-state index is 15.1. The van der Waals surface area contributed by atoms with Crippen molar-refractivity contribution in [2.75, 3.05) is 0 Å². The van der Waals surface area contributed by atoms with Gasteiger partial charge in [-0.2, -0.15) is 0 Å². The van der Waals surface area contributed by atoms with Crippen LogP contribution in [0.3, 0.4) is 0 Å². The summed E-state index contributed by atoms with van der Waals surface area (Å²) in [6.45, 7) is 0. The van der Waals surface area contributed by atoms with Gasteiger partial charge in [0.1, 0.15) is 11.2 Å². The van der Waals surface area contributed by atoms with Crippen LogP contribution in [0.4, 0.5) is 0 Å². The Morgan fingerprint density at radius 2 is 1.49 bits per heavy atom. The lowest BCUT2D eigenvalue weighted by Gasteiger charge is -2.49. The van der Waals surface area contributed by atoms with Gasteiger partial charge in [0.25, 0.3) is 0 Å². The molecule has 5 heterocycles. The number of nitrogens with zero attached hydrogens (tertiary/aromatic N) is 4. The number of fused-ring (bicyclic) bond motifs is 2. The Kier molecular flexibility index (Phi) is 6.51. The maximum Gasteiger partial charge on any atom is 0.207 e. The number of benzene rings is 1. The number of allylic oxidation sites excluding steroid dienone is 2. The molecule has 1 aromatic carbocycles. The Hall–Kier alpha value is -4.16. The van der Waals surface area contributed by atoms with Crippen molar-refractivity contribution in [1.29, 1.82) is 0 Å². The lowest BCUT2D eigenvalue weighted by molar-refractivity contribution is -0.116. The number of aromatic nitrogens is 3. The first-order valence-electron chi connectivity index (χ1n) is 14.2. The first-order valence-corrected chi connectivity index (χ1v) is 14.5. The van der Waals surface area contributed by atoms with Gasteiger partial charge in [0, 0.05) is 58.8 Å². The van der Waals surface area contributed by atoms with Gasteiger partial charge in [-0.05, 0) is 79.8 Å². The molecule has 1 saturated heterocycles. The molecule has 204 valence electrons. The highest BCUT2D eigenvalue weighted by molar-refractivity contribution is 6.30. The zero-order chi connectivity index (χ0) is 28.0. The van der Waals surface area contributed by atoms with E-state index in [9.17, 15) is 4.79 Å². The normalized spacial score (nSPS) is 25.5. The number of pyridine rings is 3. The highest BCUT2D eigenvalue weighted by Crippen LogP contribution is 2.65. The summed E-state index contributed by atoms with van der Waals surface area (Å²) in [5.74, 6) is -0.393. The fourth-order valence-corrected chi connectivity index (χ4v) is 7.59. The van der Waals surface area contributed by atoms with Crippen molar-refractivity contribution in [1.82, 2.24) is 19.9 Å². The number of Topliss-reactive ketones (excluding diaryl/α,β-unsaturated/α-hetero) is 2. The van der Waals surface area contributed by atoms with Crippen LogP contribution < -0.4 is 0 Å². The lowest BCUT2D eigenvalue weighted by atomic mass is 9.67. The lowest BCUT2D eigenvalue weighted by Crippen LogP contribution is -2.56. The van der Waals surface area contributed by atoms with Crippen molar-refractivity contribution in [2.45, 2.75) is 55.5 Å². The third-order valence-corrected chi connectivity index (χ3v) is 9.27. The molecule has 41 heavy (non-hydrogen) atoms. The summed E-state index contributed by atoms with van der Waals surface area (Å²) >= 11 is 6.37. The Labute approximate surface area is 244 Å². The van der Waals surface area contributed by atoms with Gasteiger partial charge in [-0.25, -0.2) is 0 Å². The molecule has 2 aliphatic heterocycles. The number of carbonyl (C=O) groups excluding carboxylic acids is 2. The van der Waals surface area contributed by atoms with Gasteiger partial charge in [0.15, 0.2) is 5.78 Å². The first kappa shape index (κ1) is 25.8. The zero-order valence-electron chi connectivity index (χ0n) is 22.5. The van der Waals surface area contributed by atoms with E-state index in [1.54, 1.807) is 24.7 Å². The SMILES string of the molecule is O=C1CCCC2=C1CC[C@]1(C(=O)c3ccccn3)[C@@H](c3ccccn3)[C@H](c3ccc(Cl)cc3)[C@@H](c3ccccn3)N21. The molecular formula is C34H29ClN4O2. The predicted molar refractivity (Wildman–Crippen MR) is 156 cm³/mol. The molecule has 1 fully saturated rings. The third-order valence-electron chi connectivity index (χ3n) is 9.01. The fourth-order valence-electron chi connectivity index (χ4n) is 7.47. The van der Waals surface area contributed by atoms with Crippen LogP contribution in [-0.4, -0.2) is 37.0 Å². The topological polar surface area (TPSA) is 76.0 Å². The van der Waals surface area contributed by atoms with E-state index in [1.165, 1.54) is 0 Å². The van der Waals surface area contributed by atoms with E-state index in [0.29, 0.717) is 30.0 Å². The van der Waals surface area contributed by atoms with Crippen LogP contribution in [0.25, 0.3) is 0 Å². The van der Waals surface area contributed by atoms with Crippen molar-refractivity contribution >= 4 is 23.2 Å². The van der Waals surface area contributed by atoms with Crippen LogP contribution >= 0.6 is 11.6 Å². The summed E-state index contributed by atoms with van der Waals surface area (Å²) in [7, 11) is 0. The van der Waals surface area contributed by atoms with Crippen molar-refractivity contribution in [3.8, 4) is 0 Å². The number of carbonyl (C=O) groups is 2. The molecule has 0 radical (unpaired) electrons. The van der Waals surface area contributed by atoms with Gasteiger partial charge in [-0.3, -0.25) is 24.5 Å². The summed E-state index contributed by atoms with van der Waals surface area (Å²) in [4.78, 5) is 45.0. The number of rotatable bonds is 5. The minimum absolute atomic E-state index is 0.0456. The summed E-state index contributed by atoms with van der Waals surface area (Å²) in [5, 5.41) is 0.649. The van der Waals surface area contributed by atoms with Gasteiger partial charge in [-0.15, -0.1) is 0 Å². The summed E-state index contributed by atoms with van der Waals surface area (Å²) in [6, 6.07) is 24.9. The van der Waals surface area contributed by atoms with Gasteiger partial charge in [0.2, 0.25) is 5.78 Å². The molecule has 7 rings (SSSR count). The second kappa shape index (κ2) is 10.3. The van der Waals surface area contributed by atoms with E-state index >= 15 is 4.79 Å². The number of halogens is 1. The van der Waals surface area contributed by atoms with Gasteiger partial charge in [-0.1, -0.05) is 41.9 Å². The first-order chi connectivity index (χ1) is 20.1. The van der Waals surface area contributed by atoms with Crippen molar-refractivity contribution in [2.24, 2.45) is 0 Å². The van der Waals surface area contributed by atoms with E-state index < -0.39 is 5.54 Å². The van der Waals surface area contributed by atoms with Crippen molar-refractivity contribution < 1.29 is 9.59 Å². The zero-order valence-corrected chi connectivity index (χ0v) is 23.2. The fraction of sp³-hybridized carbons (Fsp3) is 0.265. The smallest absolute Gasteiger partial charge is 0.207 e. The quantitative estimate of drug-likeness (QED) is 0.248. The molecule has 0 N–H and O–H groups in total. The molecule has 3 aromatic heterocycles.